The Balaban J connectivity index is 0.000000471. The molecule has 13 heteroatoms. The number of carbonyl (C=O) groups excluding carboxylic acids is 2. The third kappa shape index (κ3) is 11.7. The maximum Gasteiger partial charge on any atom is 0.325 e. The number of nitrogens with zero attached hydrogens (tertiary/aromatic N) is 4. The molecule has 4 N–H and O–H groups in total. The number of aryl methyl sites for hydroxylation is 4. The molecule has 0 saturated carbocycles. The number of carboxylic acid groups (broad SMARTS) is 2. The topological polar surface area (TPSA) is 149 Å². The van der Waals surface area contributed by atoms with Crippen molar-refractivity contribution in [1.29, 1.82) is 0 Å². The Hall–Kier alpha value is -5.17. The first kappa shape index (κ1) is 48.8. The summed E-state index contributed by atoms with van der Waals surface area (Å²) in [6.07, 6.45) is 20.9. The van der Waals surface area contributed by atoms with E-state index in [0.29, 0.717) is 12.8 Å². The molecule has 4 aliphatic heterocycles. The molecule has 0 bridgehead atoms. The summed E-state index contributed by atoms with van der Waals surface area (Å²) in [5.41, 5.74) is 12.3. The third-order valence-electron chi connectivity index (χ3n) is 8.93. The fourth-order valence-electron chi connectivity index (χ4n) is 6.72. The number of amides is 2. The summed E-state index contributed by atoms with van der Waals surface area (Å²) in [6, 6.07) is 3.57. The van der Waals surface area contributed by atoms with E-state index in [1.165, 1.54) is 58.4 Å². The molecule has 0 radical (unpaired) electrons. The number of aromatic nitrogens is 2. The number of allylic oxidation sites excluding steroid dienone is 4. The van der Waals surface area contributed by atoms with Crippen molar-refractivity contribution in [3.8, 4) is 0 Å². The van der Waals surface area contributed by atoms with Crippen LogP contribution in [0.3, 0.4) is 0 Å². The lowest BCUT2D eigenvalue weighted by Crippen LogP contribution is -2.38. The highest BCUT2D eigenvalue weighted by Crippen LogP contribution is 2.53. The number of rotatable bonds is 9. The van der Waals surface area contributed by atoms with Crippen LogP contribution in [0.2, 0.25) is 0 Å². The van der Waals surface area contributed by atoms with Gasteiger partial charge in [0.05, 0.1) is 11.4 Å². The molecule has 6 heterocycles. The van der Waals surface area contributed by atoms with Gasteiger partial charge in [-0.05, 0) is 64.1 Å². The highest BCUT2D eigenvalue weighted by molar-refractivity contribution is 8.26. The number of nitrogens with one attached hydrogen (secondary N) is 2. The number of hydrogen-bond donors (Lipinski definition) is 4. The van der Waals surface area contributed by atoms with Gasteiger partial charge >= 0.3 is 5.97 Å². The van der Waals surface area contributed by atoms with Crippen molar-refractivity contribution < 1.29 is 37.9 Å². The lowest BCUT2D eigenvalue weighted by molar-refractivity contribution is -0.505. The first-order valence-electron chi connectivity index (χ1n) is 19.3. The van der Waals surface area contributed by atoms with Gasteiger partial charge in [-0.2, -0.15) is 4.58 Å². The van der Waals surface area contributed by atoms with Crippen molar-refractivity contribution in [1.82, 2.24) is 19.2 Å². The summed E-state index contributed by atoms with van der Waals surface area (Å²) in [7, 11) is -1.31. The molecule has 1 atom stereocenters. The molecule has 0 fully saturated rings. The monoisotopic (exact) mass is 794 g/mol. The first-order valence-corrected chi connectivity index (χ1v) is 21.7. The minimum absolute atomic E-state index is 0.00835. The van der Waals surface area contributed by atoms with Crippen molar-refractivity contribution in [3.05, 3.63) is 94.5 Å². The maximum atomic E-state index is 12.0. The normalized spacial score (nSPS) is 15.4. The summed E-state index contributed by atoms with van der Waals surface area (Å²) in [6.45, 7) is 26.1. The average Bonchev–Trinajstić information content (AvgIpc) is 3.92. The SMILES string of the molecule is C=CNC(=O)CCC1=[N+]2Cn3c(C)cc(C)c3C=C2C=C1.CC.CC.CC.Cc1cc(C)n2c1C=C1C=CC(CCC(=O)NC(C)C(=O)O)=[N+]1S2(C)C.O=CO. The minimum atomic E-state index is -1.31. The molecule has 0 aromatic carbocycles. The standard InChI is InChI=1S/C19H25N3O3S.C17H19N3O.3C2H6.CH2O2/c1-12-10-13(2)21-17(12)11-16-7-6-15(22(16)26(21,4)5)8-9-18(23)20-14(3)19(24)25;1-4-18-17(21)8-7-14-5-6-15-10-16-12(2)9-13(3)19(16)11-20(14)15;3*1-2;2-1-3/h6-7,10-11,14H,8-9H2,1-5H3,(H-,20,23,24,25);4-6,9-10H,1,7-8,11H2,2-3H3;3*1-2H3;1H,(H,2,3)/p+2. The average molecular weight is 795 g/mol. The van der Waals surface area contributed by atoms with E-state index >= 15 is 0 Å². The van der Waals surface area contributed by atoms with Gasteiger partial charge in [-0.25, -0.2) is 0 Å². The summed E-state index contributed by atoms with van der Waals surface area (Å²) in [5.74, 6) is -1.25. The fourth-order valence-corrected chi connectivity index (χ4v) is 9.67. The molecule has 6 rings (SSSR count). The summed E-state index contributed by atoms with van der Waals surface area (Å²) >= 11 is 0. The van der Waals surface area contributed by atoms with Crippen LogP contribution in [0.1, 0.15) is 108 Å². The molecule has 2 aromatic rings. The lowest BCUT2D eigenvalue weighted by atomic mass is 10.2. The number of fused-ring (bicyclic) bond motifs is 4. The Morgan fingerprint density at radius 3 is 1.93 bits per heavy atom. The summed E-state index contributed by atoms with van der Waals surface area (Å²) in [4.78, 5) is 42.8. The second-order valence-electron chi connectivity index (χ2n) is 12.8. The zero-order chi connectivity index (χ0) is 42.9. The molecule has 1 unspecified atom stereocenters. The molecular formula is C43H66N6O6S+2. The van der Waals surface area contributed by atoms with Crippen LogP contribution >= 0.6 is 10.4 Å². The van der Waals surface area contributed by atoms with Crippen molar-refractivity contribution in [2.45, 2.75) is 115 Å². The highest BCUT2D eigenvalue weighted by Gasteiger charge is 2.41. The van der Waals surface area contributed by atoms with E-state index in [1.54, 1.807) is 0 Å². The Morgan fingerprint density at radius 1 is 0.839 bits per heavy atom. The van der Waals surface area contributed by atoms with E-state index in [-0.39, 0.29) is 24.7 Å². The van der Waals surface area contributed by atoms with Crippen molar-refractivity contribution in [3.63, 3.8) is 0 Å². The Kier molecular flexibility index (Phi) is 20.1. The van der Waals surface area contributed by atoms with Gasteiger partial charge in [-0.3, -0.25) is 27.7 Å². The lowest BCUT2D eigenvalue weighted by Gasteiger charge is -2.35. The zero-order valence-electron chi connectivity index (χ0n) is 35.8. The molecule has 12 nitrogen and oxygen atoms in total. The van der Waals surface area contributed by atoms with Gasteiger partial charge in [-0.1, -0.05) is 48.1 Å². The second-order valence-corrected chi connectivity index (χ2v) is 16.0. The molecule has 56 heavy (non-hydrogen) atoms. The second kappa shape index (κ2) is 23.0. The molecule has 308 valence electrons. The quantitative estimate of drug-likeness (QED) is 0.150. The van der Waals surface area contributed by atoms with Gasteiger partial charge in [0.2, 0.25) is 29.9 Å². The molecule has 4 aliphatic rings. The first-order chi connectivity index (χ1) is 26.6. The van der Waals surface area contributed by atoms with Crippen LogP contribution in [0, 0.1) is 27.7 Å². The molecule has 2 amide bonds. The predicted molar refractivity (Wildman–Crippen MR) is 232 cm³/mol. The number of carboxylic acids is 1. The van der Waals surface area contributed by atoms with E-state index in [2.05, 4.69) is 123 Å². The number of carbonyl (C=O) groups is 4. The van der Waals surface area contributed by atoms with Crippen molar-refractivity contribution in [2.24, 2.45) is 0 Å². The van der Waals surface area contributed by atoms with E-state index < -0.39 is 22.4 Å². The molecule has 0 spiro atoms. The predicted octanol–water partition coefficient (Wildman–Crippen LogP) is 7.85. The van der Waals surface area contributed by atoms with Gasteiger partial charge < -0.3 is 20.8 Å². The Labute approximate surface area is 336 Å². The number of hydrogen-bond acceptors (Lipinski definition) is 4. The summed E-state index contributed by atoms with van der Waals surface area (Å²) in [5, 5.41) is 20.9. The van der Waals surface area contributed by atoms with Crippen LogP contribution < -0.4 is 10.6 Å². The van der Waals surface area contributed by atoms with Gasteiger partial charge in [0, 0.05) is 96.4 Å². The summed E-state index contributed by atoms with van der Waals surface area (Å²) < 4.78 is 9.35. The third-order valence-corrected chi connectivity index (χ3v) is 11.7. The van der Waals surface area contributed by atoms with Gasteiger partial charge in [-0.15, -0.1) is 3.98 Å². The largest absolute Gasteiger partial charge is 0.483 e. The Morgan fingerprint density at radius 2 is 1.34 bits per heavy atom. The van der Waals surface area contributed by atoms with Crippen LogP contribution in [0.25, 0.3) is 12.2 Å². The van der Waals surface area contributed by atoms with E-state index in [0.717, 1.165) is 24.5 Å². The zero-order valence-corrected chi connectivity index (χ0v) is 36.6. The van der Waals surface area contributed by atoms with Gasteiger partial charge in [0.1, 0.15) is 6.04 Å². The van der Waals surface area contributed by atoms with E-state index in [4.69, 9.17) is 15.0 Å². The van der Waals surface area contributed by atoms with Crippen LogP contribution in [0.4, 0.5) is 0 Å². The minimum Gasteiger partial charge on any atom is -0.483 e. The smallest absolute Gasteiger partial charge is 0.325 e. The van der Waals surface area contributed by atoms with Crippen LogP contribution in [-0.4, -0.2) is 81.5 Å². The maximum absolute atomic E-state index is 12.0. The van der Waals surface area contributed by atoms with Crippen molar-refractivity contribution >= 4 is 58.2 Å². The molecule has 2 aromatic heterocycles. The van der Waals surface area contributed by atoms with Crippen LogP contribution in [0.5, 0.6) is 0 Å². The van der Waals surface area contributed by atoms with Crippen molar-refractivity contribution in [2.75, 3.05) is 12.5 Å². The molecule has 0 saturated heterocycles. The molecule has 0 aliphatic carbocycles. The van der Waals surface area contributed by atoms with Gasteiger partial charge in [0.15, 0.2) is 11.4 Å². The van der Waals surface area contributed by atoms with Crippen LogP contribution in [-0.2, 0) is 25.8 Å². The van der Waals surface area contributed by atoms with E-state index in [1.807, 2.05) is 41.5 Å². The molecular weight excluding hydrogens is 729 g/mol. The van der Waals surface area contributed by atoms with Gasteiger partial charge in [0.25, 0.3) is 6.47 Å². The Bertz CT molecular complexity index is 1940. The van der Waals surface area contributed by atoms with E-state index in [9.17, 15) is 14.4 Å². The fraction of sp³-hybridized carbons (Fsp3) is 0.442. The highest BCUT2D eigenvalue weighted by atomic mass is 32.3. The van der Waals surface area contributed by atoms with Crippen LogP contribution in [0.15, 0.2) is 60.6 Å². The number of aliphatic carboxylic acids is 1.